The number of rotatable bonds is 3. The van der Waals surface area contributed by atoms with Crippen LogP contribution in [0.4, 0.5) is 0 Å². The zero-order valence-electron chi connectivity index (χ0n) is 13.6. The molecule has 2 N–H and O–H groups in total. The van der Waals surface area contributed by atoms with Crippen LogP contribution in [-0.2, 0) is 9.59 Å². The van der Waals surface area contributed by atoms with Crippen molar-refractivity contribution in [2.75, 3.05) is 0 Å². The molecule has 0 saturated carbocycles. The normalized spacial score (nSPS) is 17.2. The molecule has 8 nitrogen and oxygen atoms in total. The fourth-order valence-corrected chi connectivity index (χ4v) is 2.76. The number of nitrogens with zero attached hydrogens (tertiary/aromatic N) is 2. The number of hydrogen-bond acceptors (Lipinski definition) is 6. The van der Waals surface area contributed by atoms with Crippen LogP contribution in [0.25, 0.3) is 22.6 Å². The third-order valence-corrected chi connectivity index (χ3v) is 4.12. The average molecular weight is 350 g/mol. The molecule has 3 aromatic rings. The van der Waals surface area contributed by atoms with Crippen LogP contribution in [0, 0.1) is 0 Å². The zero-order chi connectivity index (χ0) is 18.1. The minimum atomic E-state index is -0.724. The first-order valence-corrected chi connectivity index (χ1v) is 8.06. The van der Waals surface area contributed by atoms with Crippen LogP contribution in [0.3, 0.4) is 0 Å². The van der Waals surface area contributed by atoms with E-state index in [2.05, 4.69) is 20.6 Å². The molecule has 3 heterocycles. The summed E-state index contributed by atoms with van der Waals surface area (Å²) >= 11 is 0. The van der Waals surface area contributed by atoms with Crippen molar-refractivity contribution >= 4 is 28.8 Å². The fourth-order valence-electron chi connectivity index (χ4n) is 2.76. The average Bonchev–Trinajstić information content (AvgIpc) is 3.08. The van der Waals surface area contributed by atoms with Gasteiger partial charge in [-0.25, -0.2) is 4.98 Å². The lowest BCUT2D eigenvalue weighted by atomic mass is 10.1. The van der Waals surface area contributed by atoms with E-state index < -0.39 is 17.9 Å². The Kier molecular flexibility index (Phi) is 3.92. The minimum absolute atomic E-state index is 0.202. The molecule has 1 saturated heterocycles. The second-order valence-corrected chi connectivity index (χ2v) is 5.91. The Morgan fingerprint density at radius 2 is 2.00 bits per heavy atom. The fraction of sp³-hybridized carbons (Fsp3) is 0.167. The molecule has 4 rings (SSSR count). The highest BCUT2D eigenvalue weighted by Gasteiger charge is 2.28. The predicted octanol–water partition coefficient (Wildman–Crippen LogP) is 1.42. The third kappa shape index (κ3) is 3.04. The summed E-state index contributed by atoms with van der Waals surface area (Å²) in [4.78, 5) is 43.7. The van der Waals surface area contributed by atoms with Crippen LogP contribution in [-0.4, -0.2) is 33.7 Å². The van der Waals surface area contributed by atoms with E-state index in [9.17, 15) is 14.4 Å². The number of oxazole rings is 1. The molecule has 26 heavy (non-hydrogen) atoms. The van der Waals surface area contributed by atoms with Gasteiger partial charge in [0.15, 0.2) is 5.58 Å². The maximum atomic E-state index is 12.4. The molecule has 1 unspecified atom stereocenters. The first-order valence-electron chi connectivity index (χ1n) is 8.06. The SMILES string of the molecule is O=C1CCC(NC(=O)c2ccc3nc(-c4ccncc4)oc3c2)C(=O)N1. The molecule has 1 aromatic carbocycles. The molecular weight excluding hydrogens is 336 g/mol. The van der Waals surface area contributed by atoms with Gasteiger partial charge in [-0.05, 0) is 36.8 Å². The van der Waals surface area contributed by atoms with Gasteiger partial charge in [0.2, 0.25) is 17.7 Å². The molecule has 3 amide bonds. The Morgan fingerprint density at radius 1 is 1.19 bits per heavy atom. The smallest absolute Gasteiger partial charge is 0.252 e. The van der Waals surface area contributed by atoms with E-state index in [1.54, 1.807) is 42.7 Å². The quantitative estimate of drug-likeness (QED) is 0.691. The highest BCUT2D eigenvalue weighted by Crippen LogP contribution is 2.24. The summed E-state index contributed by atoms with van der Waals surface area (Å²) in [7, 11) is 0. The lowest BCUT2D eigenvalue weighted by Gasteiger charge is -2.21. The number of carbonyl (C=O) groups is 3. The number of pyridine rings is 1. The first kappa shape index (κ1) is 15.9. The maximum Gasteiger partial charge on any atom is 0.252 e. The van der Waals surface area contributed by atoms with Gasteiger partial charge in [0.1, 0.15) is 11.6 Å². The Hall–Kier alpha value is -3.55. The topological polar surface area (TPSA) is 114 Å². The van der Waals surface area contributed by atoms with Crippen molar-refractivity contribution in [1.82, 2.24) is 20.6 Å². The molecule has 0 radical (unpaired) electrons. The third-order valence-electron chi connectivity index (χ3n) is 4.12. The van der Waals surface area contributed by atoms with E-state index in [1.807, 2.05) is 0 Å². The Balaban J connectivity index is 1.56. The molecule has 0 aliphatic carbocycles. The van der Waals surface area contributed by atoms with Gasteiger partial charge < -0.3 is 9.73 Å². The Labute approximate surface area is 147 Å². The molecule has 8 heteroatoms. The predicted molar refractivity (Wildman–Crippen MR) is 90.9 cm³/mol. The van der Waals surface area contributed by atoms with Gasteiger partial charge in [0.05, 0.1) is 0 Å². The van der Waals surface area contributed by atoms with E-state index in [4.69, 9.17) is 4.42 Å². The summed E-state index contributed by atoms with van der Waals surface area (Å²) in [6, 6.07) is 7.71. The van der Waals surface area contributed by atoms with Crippen LogP contribution in [0.2, 0.25) is 0 Å². The van der Waals surface area contributed by atoms with E-state index in [0.717, 1.165) is 5.56 Å². The van der Waals surface area contributed by atoms with Gasteiger partial charge in [0, 0.05) is 29.9 Å². The Morgan fingerprint density at radius 3 is 2.77 bits per heavy atom. The number of amides is 3. The number of benzene rings is 1. The van der Waals surface area contributed by atoms with Crippen molar-refractivity contribution < 1.29 is 18.8 Å². The van der Waals surface area contributed by atoms with Gasteiger partial charge in [-0.3, -0.25) is 24.7 Å². The van der Waals surface area contributed by atoms with Crippen LogP contribution in [0.5, 0.6) is 0 Å². The van der Waals surface area contributed by atoms with Crippen molar-refractivity contribution in [3.63, 3.8) is 0 Å². The zero-order valence-corrected chi connectivity index (χ0v) is 13.6. The Bertz CT molecular complexity index is 1010. The van der Waals surface area contributed by atoms with Crippen molar-refractivity contribution in [3.05, 3.63) is 48.3 Å². The molecule has 1 fully saturated rings. The molecule has 1 aliphatic heterocycles. The van der Waals surface area contributed by atoms with Gasteiger partial charge in [-0.15, -0.1) is 0 Å². The van der Waals surface area contributed by atoms with E-state index >= 15 is 0 Å². The first-order chi connectivity index (χ1) is 12.6. The number of imide groups is 1. The minimum Gasteiger partial charge on any atom is -0.436 e. The number of piperidine rings is 1. The molecule has 1 aliphatic rings. The highest BCUT2D eigenvalue weighted by atomic mass is 16.3. The van der Waals surface area contributed by atoms with Gasteiger partial charge in [0.25, 0.3) is 5.91 Å². The van der Waals surface area contributed by atoms with E-state index in [0.29, 0.717) is 22.6 Å². The van der Waals surface area contributed by atoms with Crippen molar-refractivity contribution in [2.24, 2.45) is 0 Å². The molecular formula is C18H14N4O4. The summed E-state index contributed by atoms with van der Waals surface area (Å²) in [6.45, 7) is 0. The summed E-state index contributed by atoms with van der Waals surface area (Å²) in [5.41, 5.74) is 2.22. The summed E-state index contributed by atoms with van der Waals surface area (Å²) in [5, 5.41) is 4.85. The monoisotopic (exact) mass is 350 g/mol. The number of aromatic nitrogens is 2. The lowest BCUT2D eigenvalue weighted by Crippen LogP contribution is -2.52. The van der Waals surface area contributed by atoms with Crippen LogP contribution < -0.4 is 10.6 Å². The van der Waals surface area contributed by atoms with Crippen molar-refractivity contribution in [3.8, 4) is 11.5 Å². The second-order valence-electron chi connectivity index (χ2n) is 5.91. The summed E-state index contributed by atoms with van der Waals surface area (Å²) < 4.78 is 5.73. The molecule has 130 valence electrons. The molecule has 0 spiro atoms. The molecule has 1 atom stereocenters. The van der Waals surface area contributed by atoms with Crippen LogP contribution in [0.15, 0.2) is 47.1 Å². The van der Waals surface area contributed by atoms with E-state index in [1.165, 1.54) is 0 Å². The van der Waals surface area contributed by atoms with Crippen LogP contribution >= 0.6 is 0 Å². The van der Waals surface area contributed by atoms with Crippen molar-refractivity contribution in [2.45, 2.75) is 18.9 Å². The number of carbonyl (C=O) groups excluding carboxylic acids is 3. The van der Waals surface area contributed by atoms with Crippen LogP contribution in [0.1, 0.15) is 23.2 Å². The number of fused-ring (bicyclic) bond motifs is 1. The van der Waals surface area contributed by atoms with Gasteiger partial charge in [-0.2, -0.15) is 0 Å². The largest absolute Gasteiger partial charge is 0.436 e. The number of hydrogen-bond donors (Lipinski definition) is 2. The maximum absolute atomic E-state index is 12.4. The molecule has 0 bridgehead atoms. The van der Waals surface area contributed by atoms with Gasteiger partial charge in [-0.1, -0.05) is 0 Å². The lowest BCUT2D eigenvalue weighted by molar-refractivity contribution is -0.134. The number of nitrogens with one attached hydrogen (secondary N) is 2. The van der Waals surface area contributed by atoms with Gasteiger partial charge >= 0.3 is 0 Å². The second kappa shape index (κ2) is 6.40. The highest BCUT2D eigenvalue weighted by molar-refractivity contribution is 6.04. The summed E-state index contributed by atoms with van der Waals surface area (Å²) in [6.07, 6.45) is 3.77. The standard InChI is InChI=1S/C18H14N4O4/c23-15-4-3-13(17(25)22-15)20-16(24)11-1-2-12-14(9-11)26-18(21-12)10-5-7-19-8-6-10/h1-2,5-9,13H,3-4H2,(H,20,24)(H,22,23,25). The van der Waals surface area contributed by atoms with Crippen molar-refractivity contribution in [1.29, 1.82) is 0 Å². The van der Waals surface area contributed by atoms with E-state index in [-0.39, 0.29) is 18.7 Å². The molecule has 2 aromatic heterocycles. The summed E-state index contributed by atoms with van der Waals surface area (Å²) in [5.74, 6) is -0.795.